The standard InChI is InChI=1S/C9H17NO2S2/c1-13-4-2-10-3-5-14-7-8(10)6-9(11)12/h8H,2-7H2,1H3,(H,11,12). The van der Waals surface area contributed by atoms with Crippen molar-refractivity contribution in [2.75, 3.05) is 36.6 Å². The molecule has 0 amide bonds. The van der Waals surface area contributed by atoms with Gasteiger partial charge in [-0.3, -0.25) is 9.69 Å². The predicted octanol–water partition coefficient (Wildman–Crippen LogP) is 1.24. The molecule has 0 spiro atoms. The van der Waals surface area contributed by atoms with Gasteiger partial charge in [0.1, 0.15) is 0 Å². The molecule has 1 aliphatic rings. The van der Waals surface area contributed by atoms with Crippen LogP contribution in [0.3, 0.4) is 0 Å². The molecule has 82 valence electrons. The average molecular weight is 235 g/mol. The predicted molar refractivity (Wildman–Crippen MR) is 63.3 cm³/mol. The Balaban J connectivity index is 2.37. The van der Waals surface area contributed by atoms with E-state index in [0.29, 0.717) is 6.42 Å². The van der Waals surface area contributed by atoms with Crippen LogP contribution in [0.5, 0.6) is 0 Å². The number of aliphatic carboxylic acids is 1. The summed E-state index contributed by atoms with van der Waals surface area (Å²) in [6.45, 7) is 2.07. The summed E-state index contributed by atoms with van der Waals surface area (Å²) in [5, 5.41) is 8.77. The first kappa shape index (κ1) is 12.2. The second-order valence-corrected chi connectivity index (χ2v) is 5.49. The minimum absolute atomic E-state index is 0.249. The molecule has 0 aromatic heterocycles. The van der Waals surface area contributed by atoms with E-state index < -0.39 is 5.97 Å². The van der Waals surface area contributed by atoms with Crippen molar-refractivity contribution in [3.05, 3.63) is 0 Å². The maximum atomic E-state index is 10.6. The van der Waals surface area contributed by atoms with E-state index in [1.807, 2.05) is 23.5 Å². The van der Waals surface area contributed by atoms with Crippen LogP contribution in [0.1, 0.15) is 6.42 Å². The van der Waals surface area contributed by atoms with Gasteiger partial charge in [-0.1, -0.05) is 0 Å². The fraction of sp³-hybridized carbons (Fsp3) is 0.889. The van der Waals surface area contributed by atoms with Crippen molar-refractivity contribution >= 4 is 29.5 Å². The van der Waals surface area contributed by atoms with Crippen LogP contribution in [0.15, 0.2) is 0 Å². The zero-order valence-electron chi connectivity index (χ0n) is 8.44. The highest BCUT2D eigenvalue weighted by atomic mass is 32.2. The van der Waals surface area contributed by atoms with E-state index in [4.69, 9.17) is 5.11 Å². The van der Waals surface area contributed by atoms with E-state index in [1.54, 1.807) is 0 Å². The lowest BCUT2D eigenvalue weighted by atomic mass is 10.2. The van der Waals surface area contributed by atoms with Crippen LogP contribution < -0.4 is 0 Å². The van der Waals surface area contributed by atoms with Crippen LogP contribution in [-0.2, 0) is 4.79 Å². The van der Waals surface area contributed by atoms with E-state index in [1.165, 1.54) is 0 Å². The fourth-order valence-electron chi connectivity index (χ4n) is 1.58. The SMILES string of the molecule is CSCCN1CCSCC1CC(=O)O. The van der Waals surface area contributed by atoms with Crippen molar-refractivity contribution in [1.82, 2.24) is 4.90 Å². The van der Waals surface area contributed by atoms with Gasteiger partial charge in [-0.25, -0.2) is 0 Å². The fourth-order valence-corrected chi connectivity index (χ4v) is 3.13. The number of nitrogens with zero attached hydrogens (tertiary/aromatic N) is 1. The third-order valence-corrected chi connectivity index (χ3v) is 4.02. The molecular formula is C9H17NO2S2. The first-order chi connectivity index (χ1) is 6.74. The zero-order valence-corrected chi connectivity index (χ0v) is 10.1. The van der Waals surface area contributed by atoms with Gasteiger partial charge in [0.2, 0.25) is 0 Å². The van der Waals surface area contributed by atoms with Crippen LogP contribution in [-0.4, -0.2) is 58.6 Å². The Kier molecular flexibility index (Phi) is 5.74. The molecule has 0 aliphatic carbocycles. The van der Waals surface area contributed by atoms with Crippen LogP contribution in [0.25, 0.3) is 0 Å². The van der Waals surface area contributed by atoms with Gasteiger partial charge in [0.05, 0.1) is 6.42 Å². The van der Waals surface area contributed by atoms with Gasteiger partial charge >= 0.3 is 5.97 Å². The lowest BCUT2D eigenvalue weighted by molar-refractivity contribution is -0.138. The summed E-state index contributed by atoms with van der Waals surface area (Å²) in [5.74, 6) is 2.54. The molecule has 1 atom stereocenters. The quantitative estimate of drug-likeness (QED) is 0.776. The number of carboxylic acid groups (broad SMARTS) is 1. The molecule has 3 nitrogen and oxygen atoms in total. The molecule has 0 saturated carbocycles. The molecule has 5 heteroatoms. The normalized spacial score (nSPS) is 23.6. The van der Waals surface area contributed by atoms with Gasteiger partial charge in [0, 0.05) is 36.4 Å². The lowest BCUT2D eigenvalue weighted by Crippen LogP contribution is -2.44. The summed E-state index contributed by atoms with van der Waals surface area (Å²) in [7, 11) is 0. The third-order valence-electron chi connectivity index (χ3n) is 2.34. The Hall–Kier alpha value is 0.130. The summed E-state index contributed by atoms with van der Waals surface area (Å²) in [6, 6.07) is 0.249. The van der Waals surface area contributed by atoms with Crippen molar-refractivity contribution in [2.45, 2.75) is 12.5 Å². The molecule has 1 fully saturated rings. The minimum atomic E-state index is -0.674. The van der Waals surface area contributed by atoms with Gasteiger partial charge in [0.25, 0.3) is 0 Å². The first-order valence-corrected chi connectivity index (χ1v) is 7.31. The summed E-state index contributed by atoms with van der Waals surface area (Å²) < 4.78 is 0. The molecule has 0 bridgehead atoms. The van der Waals surface area contributed by atoms with Crippen LogP contribution in [0.2, 0.25) is 0 Å². The molecule has 1 saturated heterocycles. The van der Waals surface area contributed by atoms with E-state index in [-0.39, 0.29) is 6.04 Å². The number of thioether (sulfide) groups is 2. The minimum Gasteiger partial charge on any atom is -0.481 e. The molecular weight excluding hydrogens is 218 g/mol. The van der Waals surface area contributed by atoms with E-state index in [9.17, 15) is 4.79 Å². The van der Waals surface area contributed by atoms with Crippen molar-refractivity contribution in [3.8, 4) is 0 Å². The maximum absolute atomic E-state index is 10.6. The highest BCUT2D eigenvalue weighted by Crippen LogP contribution is 2.19. The second-order valence-electron chi connectivity index (χ2n) is 3.36. The van der Waals surface area contributed by atoms with Gasteiger partial charge in [-0.2, -0.15) is 23.5 Å². The zero-order chi connectivity index (χ0) is 10.4. The number of carbonyl (C=O) groups is 1. The molecule has 1 N–H and O–H groups in total. The third kappa shape index (κ3) is 4.11. The van der Waals surface area contributed by atoms with Gasteiger partial charge in [-0.05, 0) is 6.26 Å². The highest BCUT2D eigenvalue weighted by Gasteiger charge is 2.24. The van der Waals surface area contributed by atoms with Gasteiger partial charge in [0.15, 0.2) is 0 Å². The number of hydrogen-bond donors (Lipinski definition) is 1. The molecule has 0 aromatic carbocycles. The Morgan fingerprint density at radius 1 is 1.71 bits per heavy atom. The van der Waals surface area contributed by atoms with Crippen molar-refractivity contribution in [3.63, 3.8) is 0 Å². The monoisotopic (exact) mass is 235 g/mol. The van der Waals surface area contributed by atoms with Gasteiger partial charge in [-0.15, -0.1) is 0 Å². The summed E-state index contributed by atoms with van der Waals surface area (Å²) >= 11 is 3.69. The van der Waals surface area contributed by atoms with E-state index in [2.05, 4.69) is 11.2 Å². The van der Waals surface area contributed by atoms with Crippen molar-refractivity contribution < 1.29 is 9.90 Å². The maximum Gasteiger partial charge on any atom is 0.304 e. The summed E-state index contributed by atoms with van der Waals surface area (Å²) in [6.07, 6.45) is 2.38. The average Bonchev–Trinajstić information content (AvgIpc) is 2.16. The molecule has 0 aromatic rings. The molecule has 1 unspecified atom stereocenters. The Labute approximate surface area is 93.6 Å². The summed E-state index contributed by atoms with van der Waals surface area (Å²) in [5.41, 5.74) is 0. The number of rotatable bonds is 5. The van der Waals surface area contributed by atoms with E-state index >= 15 is 0 Å². The molecule has 0 radical (unpaired) electrons. The smallest absolute Gasteiger partial charge is 0.304 e. The second kappa shape index (κ2) is 6.58. The van der Waals surface area contributed by atoms with E-state index in [0.717, 1.165) is 30.3 Å². The summed E-state index contributed by atoms with van der Waals surface area (Å²) in [4.78, 5) is 13.0. The molecule has 1 heterocycles. The molecule has 1 aliphatic heterocycles. The van der Waals surface area contributed by atoms with Crippen LogP contribution >= 0.6 is 23.5 Å². The Morgan fingerprint density at radius 2 is 2.50 bits per heavy atom. The Morgan fingerprint density at radius 3 is 3.14 bits per heavy atom. The van der Waals surface area contributed by atoms with Crippen LogP contribution in [0, 0.1) is 0 Å². The number of hydrogen-bond acceptors (Lipinski definition) is 4. The topological polar surface area (TPSA) is 40.5 Å². The first-order valence-electron chi connectivity index (χ1n) is 4.76. The molecule has 14 heavy (non-hydrogen) atoms. The van der Waals surface area contributed by atoms with Crippen molar-refractivity contribution in [2.24, 2.45) is 0 Å². The van der Waals surface area contributed by atoms with Gasteiger partial charge < -0.3 is 5.11 Å². The van der Waals surface area contributed by atoms with Crippen LogP contribution in [0.4, 0.5) is 0 Å². The lowest BCUT2D eigenvalue weighted by Gasteiger charge is -2.34. The largest absolute Gasteiger partial charge is 0.481 e. The number of carboxylic acids is 1. The highest BCUT2D eigenvalue weighted by molar-refractivity contribution is 7.99. The Bertz CT molecular complexity index is 190. The van der Waals surface area contributed by atoms with Crippen molar-refractivity contribution in [1.29, 1.82) is 0 Å². The molecule has 1 rings (SSSR count).